The molecule has 0 bridgehead atoms. The lowest BCUT2D eigenvalue weighted by atomic mass is 9.90. The lowest BCUT2D eigenvalue weighted by Gasteiger charge is -2.39. The number of benzene rings is 1. The number of nitrogens with zero attached hydrogens (tertiary/aromatic N) is 1. The quantitative estimate of drug-likeness (QED) is 0.860. The molecule has 0 radical (unpaired) electrons. The molecule has 1 saturated heterocycles. The molecule has 4 heteroatoms. The fourth-order valence-corrected chi connectivity index (χ4v) is 2.63. The molecule has 2 atom stereocenters. The third kappa shape index (κ3) is 2.33. The fourth-order valence-electron chi connectivity index (χ4n) is 2.63. The summed E-state index contributed by atoms with van der Waals surface area (Å²) in [5, 5.41) is 0. The van der Waals surface area contributed by atoms with Crippen molar-refractivity contribution in [3.63, 3.8) is 0 Å². The zero-order valence-corrected chi connectivity index (χ0v) is 10.00. The minimum absolute atomic E-state index is 0.125. The van der Waals surface area contributed by atoms with E-state index in [-0.39, 0.29) is 12.1 Å². The van der Waals surface area contributed by atoms with E-state index in [1.165, 1.54) is 0 Å². The average molecular weight is 240 g/mol. The van der Waals surface area contributed by atoms with Crippen LogP contribution in [-0.2, 0) is 0 Å². The molecule has 1 aromatic rings. The number of hydrogen-bond acceptors (Lipinski definition) is 2. The predicted molar refractivity (Wildman–Crippen MR) is 63.6 cm³/mol. The molecular weight excluding hydrogens is 222 g/mol. The van der Waals surface area contributed by atoms with Crippen molar-refractivity contribution in [2.45, 2.75) is 31.8 Å². The highest BCUT2D eigenvalue weighted by Crippen LogP contribution is 2.31. The molecule has 0 saturated carbocycles. The molecule has 1 aliphatic rings. The Balaban J connectivity index is 2.38. The second-order valence-corrected chi connectivity index (χ2v) is 4.52. The SMILES string of the molecule is CCN1CCCC(N)C1c1cccc(F)c1F. The van der Waals surface area contributed by atoms with Gasteiger partial charge in [-0.25, -0.2) is 8.78 Å². The van der Waals surface area contributed by atoms with Crippen LogP contribution >= 0.6 is 0 Å². The van der Waals surface area contributed by atoms with Crippen molar-refractivity contribution in [3.8, 4) is 0 Å². The first-order valence-electron chi connectivity index (χ1n) is 6.08. The summed E-state index contributed by atoms with van der Waals surface area (Å²) in [7, 11) is 0. The Bertz CT molecular complexity index is 395. The molecule has 17 heavy (non-hydrogen) atoms. The zero-order chi connectivity index (χ0) is 12.4. The Morgan fingerprint density at radius 2 is 2.18 bits per heavy atom. The molecule has 0 amide bonds. The van der Waals surface area contributed by atoms with Gasteiger partial charge < -0.3 is 5.73 Å². The summed E-state index contributed by atoms with van der Waals surface area (Å²) in [6.07, 6.45) is 1.87. The van der Waals surface area contributed by atoms with E-state index < -0.39 is 11.6 Å². The summed E-state index contributed by atoms with van der Waals surface area (Å²) >= 11 is 0. The molecule has 1 aromatic carbocycles. The molecule has 0 aromatic heterocycles. The summed E-state index contributed by atoms with van der Waals surface area (Å²) in [5.41, 5.74) is 6.45. The van der Waals surface area contributed by atoms with Crippen molar-refractivity contribution in [2.24, 2.45) is 5.73 Å². The van der Waals surface area contributed by atoms with Gasteiger partial charge in [0.25, 0.3) is 0 Å². The third-order valence-electron chi connectivity index (χ3n) is 3.49. The second kappa shape index (κ2) is 5.10. The molecule has 2 unspecified atom stereocenters. The van der Waals surface area contributed by atoms with Crippen LogP contribution in [0.1, 0.15) is 31.4 Å². The average Bonchev–Trinajstić information content (AvgIpc) is 2.33. The molecule has 1 heterocycles. The molecular formula is C13H18F2N2. The van der Waals surface area contributed by atoms with E-state index in [2.05, 4.69) is 4.90 Å². The van der Waals surface area contributed by atoms with Crippen molar-refractivity contribution >= 4 is 0 Å². The maximum Gasteiger partial charge on any atom is 0.163 e. The summed E-state index contributed by atoms with van der Waals surface area (Å²) in [6, 6.07) is 3.99. The van der Waals surface area contributed by atoms with Crippen molar-refractivity contribution in [1.82, 2.24) is 4.90 Å². The smallest absolute Gasteiger partial charge is 0.163 e. The fraction of sp³-hybridized carbons (Fsp3) is 0.538. The Morgan fingerprint density at radius 1 is 1.41 bits per heavy atom. The molecule has 2 nitrogen and oxygen atoms in total. The van der Waals surface area contributed by atoms with Crippen molar-refractivity contribution in [3.05, 3.63) is 35.4 Å². The van der Waals surface area contributed by atoms with Gasteiger partial charge in [-0.2, -0.15) is 0 Å². The van der Waals surface area contributed by atoms with E-state index >= 15 is 0 Å². The van der Waals surface area contributed by atoms with Gasteiger partial charge in [-0.1, -0.05) is 19.1 Å². The van der Waals surface area contributed by atoms with E-state index in [9.17, 15) is 8.78 Å². The van der Waals surface area contributed by atoms with Crippen LogP contribution in [-0.4, -0.2) is 24.0 Å². The summed E-state index contributed by atoms with van der Waals surface area (Å²) < 4.78 is 27.1. The first-order valence-corrected chi connectivity index (χ1v) is 6.08. The summed E-state index contributed by atoms with van der Waals surface area (Å²) in [4.78, 5) is 2.12. The standard InChI is InChI=1S/C13H18F2N2/c1-2-17-8-4-7-11(16)13(17)9-5-3-6-10(14)12(9)15/h3,5-6,11,13H,2,4,7-8,16H2,1H3. The van der Waals surface area contributed by atoms with Crippen LogP contribution in [0.25, 0.3) is 0 Å². The first-order chi connectivity index (χ1) is 8.15. The van der Waals surface area contributed by atoms with Gasteiger partial charge in [-0.05, 0) is 32.0 Å². The first kappa shape index (κ1) is 12.5. The topological polar surface area (TPSA) is 29.3 Å². The van der Waals surface area contributed by atoms with Gasteiger partial charge in [0, 0.05) is 11.6 Å². The highest BCUT2D eigenvalue weighted by molar-refractivity contribution is 5.24. The molecule has 2 N–H and O–H groups in total. The predicted octanol–water partition coefficient (Wildman–Crippen LogP) is 2.45. The van der Waals surface area contributed by atoms with Crippen LogP contribution in [0.4, 0.5) is 8.78 Å². The van der Waals surface area contributed by atoms with Crippen LogP contribution < -0.4 is 5.73 Å². The van der Waals surface area contributed by atoms with Crippen LogP contribution in [0, 0.1) is 11.6 Å². The molecule has 1 fully saturated rings. The van der Waals surface area contributed by atoms with Gasteiger partial charge in [0.05, 0.1) is 6.04 Å². The number of hydrogen-bond donors (Lipinski definition) is 1. The molecule has 2 rings (SSSR count). The monoisotopic (exact) mass is 240 g/mol. The Labute approximate surface area is 100 Å². The summed E-state index contributed by atoms with van der Waals surface area (Å²) in [5.74, 6) is -1.55. The Morgan fingerprint density at radius 3 is 2.88 bits per heavy atom. The zero-order valence-electron chi connectivity index (χ0n) is 10.00. The van der Waals surface area contributed by atoms with Gasteiger partial charge >= 0.3 is 0 Å². The minimum Gasteiger partial charge on any atom is -0.326 e. The van der Waals surface area contributed by atoms with E-state index in [0.29, 0.717) is 5.56 Å². The number of likely N-dealkylation sites (tertiary alicyclic amines) is 1. The van der Waals surface area contributed by atoms with E-state index in [0.717, 1.165) is 32.0 Å². The van der Waals surface area contributed by atoms with Crippen molar-refractivity contribution in [2.75, 3.05) is 13.1 Å². The highest BCUT2D eigenvalue weighted by atomic mass is 19.2. The van der Waals surface area contributed by atoms with Crippen LogP contribution in [0.5, 0.6) is 0 Å². The van der Waals surface area contributed by atoms with Crippen molar-refractivity contribution in [1.29, 1.82) is 0 Å². The third-order valence-corrected chi connectivity index (χ3v) is 3.49. The van der Waals surface area contributed by atoms with E-state index in [4.69, 9.17) is 5.73 Å². The number of likely N-dealkylation sites (N-methyl/N-ethyl adjacent to an activating group) is 1. The maximum absolute atomic E-state index is 13.8. The highest BCUT2D eigenvalue weighted by Gasteiger charge is 2.31. The van der Waals surface area contributed by atoms with Crippen LogP contribution in [0.3, 0.4) is 0 Å². The second-order valence-electron chi connectivity index (χ2n) is 4.52. The molecule has 0 spiro atoms. The Kier molecular flexibility index (Phi) is 3.74. The number of rotatable bonds is 2. The molecule has 94 valence electrons. The van der Waals surface area contributed by atoms with Crippen LogP contribution in [0.2, 0.25) is 0 Å². The minimum atomic E-state index is -0.795. The van der Waals surface area contributed by atoms with E-state index in [1.54, 1.807) is 12.1 Å². The lowest BCUT2D eigenvalue weighted by Crippen LogP contribution is -2.46. The van der Waals surface area contributed by atoms with Gasteiger partial charge in [0.1, 0.15) is 0 Å². The number of piperidine rings is 1. The largest absolute Gasteiger partial charge is 0.326 e. The Hall–Kier alpha value is -1.00. The normalized spacial score (nSPS) is 26.1. The van der Waals surface area contributed by atoms with Gasteiger partial charge in [-0.15, -0.1) is 0 Å². The van der Waals surface area contributed by atoms with Gasteiger partial charge in [0.2, 0.25) is 0 Å². The molecule has 1 aliphatic heterocycles. The summed E-state index contributed by atoms with van der Waals surface area (Å²) in [6.45, 7) is 3.71. The van der Waals surface area contributed by atoms with Crippen molar-refractivity contribution < 1.29 is 8.78 Å². The van der Waals surface area contributed by atoms with Crippen LogP contribution in [0.15, 0.2) is 18.2 Å². The molecule has 0 aliphatic carbocycles. The number of nitrogens with two attached hydrogens (primary N) is 1. The lowest BCUT2D eigenvalue weighted by molar-refractivity contribution is 0.132. The van der Waals surface area contributed by atoms with Gasteiger partial charge in [0.15, 0.2) is 11.6 Å². The van der Waals surface area contributed by atoms with E-state index in [1.807, 2.05) is 6.92 Å². The number of halogens is 2. The maximum atomic E-state index is 13.8. The van der Waals surface area contributed by atoms with Gasteiger partial charge in [-0.3, -0.25) is 4.90 Å².